The lowest BCUT2D eigenvalue weighted by molar-refractivity contribution is -0.385. The predicted molar refractivity (Wildman–Crippen MR) is 135 cm³/mol. The van der Waals surface area contributed by atoms with Crippen LogP contribution in [0.1, 0.15) is 12.5 Å². The van der Waals surface area contributed by atoms with Gasteiger partial charge < -0.3 is 9.47 Å². The summed E-state index contributed by atoms with van der Waals surface area (Å²) in [5.74, 6) is 0.495. The average molecular weight is 513 g/mol. The molecule has 3 aromatic carbocycles. The maximum atomic E-state index is 12.7. The normalized spacial score (nSPS) is 12.1. The Morgan fingerprint density at radius 3 is 2.31 bits per heavy atom. The van der Waals surface area contributed by atoms with E-state index in [1.807, 2.05) is 18.2 Å². The molecule has 0 aromatic heterocycles. The average Bonchev–Trinajstić information content (AvgIpc) is 2.84. The van der Waals surface area contributed by atoms with Crippen molar-refractivity contribution in [2.24, 2.45) is 5.10 Å². The van der Waals surface area contributed by atoms with Gasteiger partial charge in [-0.3, -0.25) is 19.2 Å². The molecule has 0 aliphatic carbocycles. The highest BCUT2D eigenvalue weighted by Gasteiger charge is 2.29. The minimum Gasteiger partial charge on any atom is -0.490 e. The third-order valence-electron chi connectivity index (χ3n) is 4.95. The Labute approximate surface area is 208 Å². The van der Waals surface area contributed by atoms with E-state index in [0.29, 0.717) is 17.1 Å². The summed E-state index contributed by atoms with van der Waals surface area (Å²) in [5.41, 5.74) is 2.61. The molecule has 1 N–H and O–H groups in total. The minimum atomic E-state index is -3.84. The number of rotatable bonds is 10. The molecule has 3 rings (SSSR count). The summed E-state index contributed by atoms with van der Waals surface area (Å²) in [6.07, 6.45) is 2.20. The molecule has 36 heavy (non-hydrogen) atoms. The van der Waals surface area contributed by atoms with Gasteiger partial charge in [0.1, 0.15) is 17.5 Å². The number of methoxy groups -OCH3 is 1. The molecule has 3 aromatic rings. The number of ether oxygens (including phenoxy) is 2. The smallest absolute Gasteiger partial charge is 0.311 e. The molecule has 1 amide bonds. The maximum Gasteiger partial charge on any atom is 0.311 e. The van der Waals surface area contributed by atoms with Crippen LogP contribution in [0.2, 0.25) is 0 Å². The third-order valence-corrected chi connectivity index (χ3v) is 6.19. The van der Waals surface area contributed by atoms with E-state index in [-0.39, 0.29) is 17.1 Å². The van der Waals surface area contributed by atoms with Crippen LogP contribution in [0.15, 0.2) is 77.9 Å². The number of carbonyl (C=O) groups excluding carboxylic acids is 1. The van der Waals surface area contributed by atoms with Gasteiger partial charge in [0.05, 0.1) is 30.2 Å². The first-order valence-corrected chi connectivity index (χ1v) is 12.4. The standard InChI is InChI=1S/C24H24N4O7S/c1-17(24(29)26-25-16-18-9-14-23(34-2)22(15-18)28(30)31)27(36(3,32)33)19-10-12-21(13-11-19)35-20-7-5-4-6-8-20/h4-17H,1-3H3,(H,26,29)/b25-16-/t17-/m0/s1. The highest BCUT2D eigenvalue weighted by Crippen LogP contribution is 2.28. The lowest BCUT2D eigenvalue weighted by atomic mass is 10.2. The molecular formula is C24H24N4O7S. The van der Waals surface area contributed by atoms with Crippen molar-refractivity contribution in [3.8, 4) is 17.2 Å². The van der Waals surface area contributed by atoms with E-state index in [4.69, 9.17) is 9.47 Å². The number of sulfonamides is 1. The molecule has 0 saturated heterocycles. The van der Waals surface area contributed by atoms with Crippen LogP contribution in [-0.4, -0.2) is 44.9 Å². The molecule has 0 aliphatic rings. The molecule has 0 saturated carbocycles. The van der Waals surface area contributed by atoms with Gasteiger partial charge in [0.2, 0.25) is 10.0 Å². The maximum absolute atomic E-state index is 12.7. The number of amides is 1. The van der Waals surface area contributed by atoms with E-state index in [0.717, 1.165) is 10.6 Å². The van der Waals surface area contributed by atoms with Crippen molar-refractivity contribution >= 4 is 33.5 Å². The van der Waals surface area contributed by atoms with Gasteiger partial charge in [0, 0.05) is 11.6 Å². The zero-order valence-electron chi connectivity index (χ0n) is 19.7. The number of nitro groups is 1. The molecule has 0 bridgehead atoms. The summed E-state index contributed by atoms with van der Waals surface area (Å²) in [4.78, 5) is 23.3. The number of para-hydroxylation sites is 1. The van der Waals surface area contributed by atoms with Crippen molar-refractivity contribution in [3.05, 3.63) is 88.5 Å². The SMILES string of the molecule is COc1ccc(/C=N\NC(=O)[C@H](C)N(c2ccc(Oc3ccccc3)cc2)S(C)(=O)=O)cc1[N+](=O)[O-]. The number of benzene rings is 3. The highest BCUT2D eigenvalue weighted by molar-refractivity contribution is 7.92. The number of hydrogen-bond acceptors (Lipinski definition) is 8. The van der Waals surface area contributed by atoms with Crippen LogP contribution in [-0.2, 0) is 14.8 Å². The fourth-order valence-corrected chi connectivity index (χ4v) is 4.46. The molecule has 0 spiro atoms. The van der Waals surface area contributed by atoms with Gasteiger partial charge in [-0.15, -0.1) is 0 Å². The van der Waals surface area contributed by atoms with E-state index in [1.54, 1.807) is 24.3 Å². The van der Waals surface area contributed by atoms with Crippen molar-refractivity contribution in [1.82, 2.24) is 5.43 Å². The number of anilines is 1. The highest BCUT2D eigenvalue weighted by atomic mass is 32.2. The summed E-state index contributed by atoms with van der Waals surface area (Å²) in [7, 11) is -2.53. The molecule has 0 aliphatic heterocycles. The molecule has 0 fully saturated rings. The van der Waals surface area contributed by atoms with Crippen LogP contribution in [0.3, 0.4) is 0 Å². The third kappa shape index (κ3) is 6.57. The van der Waals surface area contributed by atoms with Crippen LogP contribution in [0.25, 0.3) is 0 Å². The largest absolute Gasteiger partial charge is 0.490 e. The summed E-state index contributed by atoms with van der Waals surface area (Å²) in [6.45, 7) is 1.42. The van der Waals surface area contributed by atoms with E-state index in [1.165, 1.54) is 50.6 Å². The monoisotopic (exact) mass is 512 g/mol. The summed E-state index contributed by atoms with van der Waals surface area (Å²) in [6, 6.07) is 18.3. The van der Waals surface area contributed by atoms with Crippen LogP contribution >= 0.6 is 0 Å². The number of carbonyl (C=O) groups is 1. The Balaban J connectivity index is 1.73. The van der Waals surface area contributed by atoms with E-state index >= 15 is 0 Å². The van der Waals surface area contributed by atoms with Crippen LogP contribution in [0.4, 0.5) is 11.4 Å². The van der Waals surface area contributed by atoms with Gasteiger partial charge in [-0.1, -0.05) is 18.2 Å². The number of nitrogens with zero attached hydrogens (tertiary/aromatic N) is 3. The fraction of sp³-hybridized carbons (Fsp3) is 0.167. The topological polar surface area (TPSA) is 140 Å². The van der Waals surface area contributed by atoms with Crippen molar-refractivity contribution in [1.29, 1.82) is 0 Å². The van der Waals surface area contributed by atoms with Gasteiger partial charge in [-0.2, -0.15) is 5.10 Å². The lowest BCUT2D eigenvalue weighted by Crippen LogP contribution is -2.46. The minimum absolute atomic E-state index is 0.0822. The van der Waals surface area contributed by atoms with Gasteiger partial charge in [-0.25, -0.2) is 13.8 Å². The Morgan fingerprint density at radius 1 is 1.08 bits per heavy atom. The van der Waals surface area contributed by atoms with Crippen molar-refractivity contribution in [2.45, 2.75) is 13.0 Å². The predicted octanol–water partition coefficient (Wildman–Crippen LogP) is 3.70. The zero-order chi connectivity index (χ0) is 26.3. The Kier molecular flexibility index (Phi) is 8.22. The molecule has 0 unspecified atom stereocenters. The van der Waals surface area contributed by atoms with Crippen molar-refractivity contribution in [2.75, 3.05) is 17.7 Å². The number of nitrogens with one attached hydrogen (secondary N) is 1. The lowest BCUT2D eigenvalue weighted by Gasteiger charge is -2.27. The van der Waals surface area contributed by atoms with Crippen molar-refractivity contribution in [3.63, 3.8) is 0 Å². The fourth-order valence-electron chi connectivity index (χ4n) is 3.29. The number of hydrogen-bond donors (Lipinski definition) is 1. The second-order valence-electron chi connectivity index (χ2n) is 7.57. The Morgan fingerprint density at radius 2 is 1.72 bits per heavy atom. The van der Waals surface area contributed by atoms with Gasteiger partial charge >= 0.3 is 5.69 Å². The van der Waals surface area contributed by atoms with E-state index in [2.05, 4.69) is 10.5 Å². The van der Waals surface area contributed by atoms with E-state index in [9.17, 15) is 23.3 Å². The van der Waals surface area contributed by atoms with E-state index < -0.39 is 26.9 Å². The quantitative estimate of drug-likeness (QED) is 0.248. The zero-order valence-corrected chi connectivity index (χ0v) is 20.5. The summed E-state index contributed by atoms with van der Waals surface area (Å²) in [5, 5.41) is 15.0. The molecular weight excluding hydrogens is 488 g/mol. The molecule has 0 radical (unpaired) electrons. The second kappa shape index (κ2) is 11.3. The van der Waals surface area contributed by atoms with Gasteiger partial charge in [0.25, 0.3) is 5.91 Å². The van der Waals surface area contributed by atoms with Gasteiger partial charge in [0.15, 0.2) is 5.75 Å². The van der Waals surface area contributed by atoms with Crippen LogP contribution in [0.5, 0.6) is 17.2 Å². The van der Waals surface area contributed by atoms with Crippen molar-refractivity contribution < 1.29 is 27.6 Å². The summed E-state index contributed by atoms with van der Waals surface area (Å²) >= 11 is 0. The van der Waals surface area contributed by atoms with Crippen LogP contribution < -0.4 is 19.2 Å². The molecule has 0 heterocycles. The Hall–Kier alpha value is -4.45. The first-order chi connectivity index (χ1) is 17.1. The number of hydrazone groups is 1. The first-order valence-electron chi connectivity index (χ1n) is 10.6. The number of nitro benzene ring substituents is 1. The molecule has 1 atom stereocenters. The molecule has 188 valence electrons. The summed E-state index contributed by atoms with van der Waals surface area (Å²) < 4.78 is 36.7. The molecule has 11 nitrogen and oxygen atoms in total. The first kappa shape index (κ1) is 26.2. The Bertz CT molecular complexity index is 1360. The second-order valence-corrected chi connectivity index (χ2v) is 9.43. The van der Waals surface area contributed by atoms with Gasteiger partial charge in [-0.05, 0) is 55.5 Å². The van der Waals surface area contributed by atoms with Crippen LogP contribution in [0, 0.1) is 10.1 Å². The molecule has 12 heteroatoms.